The average Bonchev–Trinajstić information content (AvgIpc) is 2.71. The van der Waals surface area contributed by atoms with Crippen LogP contribution in [0, 0.1) is 5.82 Å². The number of carbonyl (C=O) groups excluding carboxylic acids is 2. The molecule has 1 spiro atoms. The summed E-state index contributed by atoms with van der Waals surface area (Å²) >= 11 is 5.89. The number of halogens is 2. The van der Waals surface area contributed by atoms with Crippen molar-refractivity contribution in [3.63, 3.8) is 0 Å². The molecule has 1 saturated heterocycles. The molecule has 116 valence electrons. The van der Waals surface area contributed by atoms with Crippen LogP contribution in [0.5, 0.6) is 0 Å². The molecule has 1 saturated carbocycles. The summed E-state index contributed by atoms with van der Waals surface area (Å²) in [6.07, 6.45) is 5.18. The van der Waals surface area contributed by atoms with Crippen molar-refractivity contribution in [2.24, 2.45) is 5.10 Å². The molecular weight excluding hydrogens is 309 g/mol. The van der Waals surface area contributed by atoms with Crippen LogP contribution in [-0.2, 0) is 4.79 Å². The van der Waals surface area contributed by atoms with Crippen molar-refractivity contribution >= 4 is 29.8 Å². The van der Waals surface area contributed by atoms with Gasteiger partial charge in [0.2, 0.25) is 0 Å². The number of amides is 3. The minimum absolute atomic E-state index is 0.0503. The number of benzene rings is 1. The molecule has 1 aromatic rings. The zero-order chi connectivity index (χ0) is 15.7. The fraction of sp³-hybridized carbons (Fsp3) is 0.400. The molecule has 0 unspecified atom stereocenters. The molecule has 1 heterocycles. The molecule has 0 aromatic heterocycles. The Morgan fingerprint density at radius 2 is 2.00 bits per heavy atom. The van der Waals surface area contributed by atoms with Gasteiger partial charge in [-0.25, -0.2) is 9.18 Å². The van der Waals surface area contributed by atoms with Crippen LogP contribution in [-0.4, -0.2) is 28.7 Å². The Bertz CT molecular complexity index is 636. The number of urea groups is 1. The van der Waals surface area contributed by atoms with Gasteiger partial charge in [-0.3, -0.25) is 4.79 Å². The maximum absolute atomic E-state index is 13.7. The van der Waals surface area contributed by atoms with Crippen molar-refractivity contribution in [2.45, 2.75) is 37.6 Å². The van der Waals surface area contributed by atoms with Gasteiger partial charge >= 0.3 is 6.03 Å². The Balaban J connectivity index is 1.85. The van der Waals surface area contributed by atoms with Crippen LogP contribution < -0.4 is 5.32 Å². The van der Waals surface area contributed by atoms with E-state index in [1.807, 2.05) is 0 Å². The molecule has 0 atom stereocenters. The van der Waals surface area contributed by atoms with Crippen molar-refractivity contribution in [3.8, 4) is 0 Å². The van der Waals surface area contributed by atoms with Gasteiger partial charge < -0.3 is 5.32 Å². The minimum Gasteiger partial charge on any atom is -0.321 e. The number of carbonyl (C=O) groups is 2. The summed E-state index contributed by atoms with van der Waals surface area (Å²) in [5.74, 6) is -0.934. The highest BCUT2D eigenvalue weighted by Crippen LogP contribution is 2.33. The van der Waals surface area contributed by atoms with Crippen LogP contribution in [0.1, 0.15) is 37.7 Å². The van der Waals surface area contributed by atoms with Crippen LogP contribution in [0.4, 0.5) is 9.18 Å². The molecule has 22 heavy (non-hydrogen) atoms. The summed E-state index contributed by atoms with van der Waals surface area (Å²) in [7, 11) is 0. The van der Waals surface area contributed by atoms with E-state index < -0.39 is 17.4 Å². The lowest BCUT2D eigenvalue weighted by molar-refractivity contribution is -0.132. The number of nitrogens with zero attached hydrogens (tertiary/aromatic N) is 2. The zero-order valence-corrected chi connectivity index (χ0v) is 12.6. The smallest absolute Gasteiger partial charge is 0.321 e. The highest BCUT2D eigenvalue weighted by molar-refractivity contribution is 6.33. The normalized spacial score (nSPS) is 20.9. The predicted octanol–water partition coefficient (Wildman–Crippen LogP) is 3.07. The summed E-state index contributed by atoms with van der Waals surface area (Å²) in [6, 6.07) is 3.65. The molecule has 3 amide bonds. The van der Waals surface area contributed by atoms with E-state index in [4.69, 9.17) is 11.6 Å². The van der Waals surface area contributed by atoms with Gasteiger partial charge in [-0.05, 0) is 25.0 Å². The monoisotopic (exact) mass is 323 g/mol. The molecule has 2 aliphatic rings. The van der Waals surface area contributed by atoms with Crippen LogP contribution >= 0.6 is 11.6 Å². The maximum Gasteiger partial charge on any atom is 0.346 e. The lowest BCUT2D eigenvalue weighted by atomic mass is 9.82. The molecule has 1 aromatic carbocycles. The molecule has 0 radical (unpaired) electrons. The average molecular weight is 324 g/mol. The number of imide groups is 1. The Morgan fingerprint density at radius 1 is 1.27 bits per heavy atom. The Hall–Kier alpha value is -1.95. The Labute approximate surface area is 132 Å². The number of nitrogens with one attached hydrogen (secondary N) is 1. The topological polar surface area (TPSA) is 61.8 Å². The van der Waals surface area contributed by atoms with Crippen LogP contribution in [0.2, 0.25) is 5.02 Å². The number of hydrogen-bond acceptors (Lipinski definition) is 3. The summed E-state index contributed by atoms with van der Waals surface area (Å²) in [4.78, 5) is 24.5. The third kappa shape index (κ3) is 2.47. The SMILES string of the molecule is O=C1NC2(CCCCC2)C(=O)N1N=Cc1c(F)cccc1Cl. The largest absolute Gasteiger partial charge is 0.346 e. The van der Waals surface area contributed by atoms with Crippen molar-refractivity contribution in [1.82, 2.24) is 10.3 Å². The Morgan fingerprint density at radius 3 is 2.68 bits per heavy atom. The van der Waals surface area contributed by atoms with E-state index in [-0.39, 0.29) is 16.5 Å². The van der Waals surface area contributed by atoms with Gasteiger partial charge in [-0.15, -0.1) is 5.01 Å². The summed E-state index contributed by atoms with van der Waals surface area (Å²) in [5, 5.41) is 7.52. The first kappa shape index (κ1) is 15.0. The lowest BCUT2D eigenvalue weighted by Crippen LogP contribution is -2.48. The standard InChI is InChI=1S/C15H15ClFN3O2/c16-11-5-4-6-12(17)10(11)9-18-20-13(21)15(19-14(20)22)7-2-1-3-8-15/h4-6,9H,1-3,7-8H2,(H,19,22). The highest BCUT2D eigenvalue weighted by Gasteiger charge is 2.51. The summed E-state index contributed by atoms with van der Waals surface area (Å²) < 4.78 is 13.7. The van der Waals surface area contributed by atoms with Crippen molar-refractivity contribution in [2.75, 3.05) is 0 Å². The van der Waals surface area contributed by atoms with E-state index in [2.05, 4.69) is 10.4 Å². The molecule has 7 heteroatoms. The van der Waals surface area contributed by atoms with Gasteiger partial charge in [-0.2, -0.15) is 5.10 Å². The van der Waals surface area contributed by atoms with Gasteiger partial charge in [0.15, 0.2) is 0 Å². The molecular formula is C15H15ClFN3O2. The predicted molar refractivity (Wildman–Crippen MR) is 80.2 cm³/mol. The van der Waals surface area contributed by atoms with Crippen LogP contribution in [0.15, 0.2) is 23.3 Å². The third-order valence-corrected chi connectivity index (χ3v) is 4.48. The van der Waals surface area contributed by atoms with Crippen molar-refractivity contribution in [3.05, 3.63) is 34.6 Å². The fourth-order valence-corrected chi connectivity index (χ4v) is 3.17. The van der Waals surface area contributed by atoms with Gasteiger partial charge in [0.1, 0.15) is 11.4 Å². The van der Waals surface area contributed by atoms with Gasteiger partial charge in [0, 0.05) is 5.56 Å². The van der Waals surface area contributed by atoms with Crippen LogP contribution in [0.3, 0.4) is 0 Å². The molecule has 3 rings (SSSR count). The van der Waals surface area contributed by atoms with Gasteiger partial charge in [0.25, 0.3) is 5.91 Å². The van der Waals surface area contributed by atoms with Gasteiger partial charge in [0.05, 0.1) is 11.2 Å². The van der Waals surface area contributed by atoms with E-state index in [0.717, 1.165) is 30.5 Å². The molecule has 1 aliphatic heterocycles. The molecule has 5 nitrogen and oxygen atoms in total. The van der Waals surface area contributed by atoms with E-state index in [1.165, 1.54) is 18.2 Å². The van der Waals surface area contributed by atoms with Gasteiger partial charge in [-0.1, -0.05) is 36.9 Å². The quantitative estimate of drug-likeness (QED) is 0.671. The summed E-state index contributed by atoms with van der Waals surface area (Å²) in [6.45, 7) is 0. The number of hydrazone groups is 1. The maximum atomic E-state index is 13.7. The molecule has 1 N–H and O–H groups in total. The Kier molecular flexibility index (Phi) is 3.87. The molecule has 0 bridgehead atoms. The first-order valence-electron chi connectivity index (χ1n) is 7.18. The number of hydrogen-bond donors (Lipinski definition) is 1. The van der Waals surface area contributed by atoms with E-state index in [9.17, 15) is 14.0 Å². The van der Waals surface area contributed by atoms with E-state index >= 15 is 0 Å². The fourth-order valence-electron chi connectivity index (χ4n) is 2.95. The lowest BCUT2D eigenvalue weighted by Gasteiger charge is -2.29. The molecule has 2 fully saturated rings. The van der Waals surface area contributed by atoms with E-state index in [0.29, 0.717) is 12.8 Å². The van der Waals surface area contributed by atoms with Crippen LogP contribution in [0.25, 0.3) is 0 Å². The minimum atomic E-state index is -0.842. The second-order valence-electron chi connectivity index (χ2n) is 5.57. The first-order chi connectivity index (χ1) is 10.5. The number of rotatable bonds is 2. The van der Waals surface area contributed by atoms with E-state index in [1.54, 1.807) is 0 Å². The summed E-state index contributed by atoms with van der Waals surface area (Å²) in [5.41, 5.74) is -0.791. The second kappa shape index (κ2) is 5.68. The zero-order valence-electron chi connectivity index (χ0n) is 11.8. The van der Waals surface area contributed by atoms with Crippen molar-refractivity contribution in [1.29, 1.82) is 0 Å². The van der Waals surface area contributed by atoms with Crippen molar-refractivity contribution < 1.29 is 14.0 Å². The third-order valence-electron chi connectivity index (χ3n) is 4.15. The highest BCUT2D eigenvalue weighted by atomic mass is 35.5. The second-order valence-corrected chi connectivity index (χ2v) is 5.98. The molecule has 1 aliphatic carbocycles. The first-order valence-corrected chi connectivity index (χ1v) is 7.56.